The molecule has 0 spiro atoms. The number of para-hydroxylation sites is 1. The molecule has 0 aliphatic rings. The van der Waals surface area contributed by atoms with Gasteiger partial charge in [-0.05, 0) is 19.1 Å². The maximum atomic E-state index is 10.4. The van der Waals surface area contributed by atoms with E-state index in [1.165, 1.54) is 0 Å². The van der Waals surface area contributed by atoms with Crippen LogP contribution in [0.5, 0.6) is 5.75 Å². The summed E-state index contributed by atoms with van der Waals surface area (Å²) >= 11 is 0. The van der Waals surface area contributed by atoms with Crippen molar-refractivity contribution in [1.82, 2.24) is 9.78 Å². The summed E-state index contributed by atoms with van der Waals surface area (Å²) in [7, 11) is 1.55. The number of rotatable bonds is 4. The lowest BCUT2D eigenvalue weighted by molar-refractivity contribution is 0.208. The highest BCUT2D eigenvalue weighted by atomic mass is 16.5. The SMILES string of the molecule is CCn1nccc1C(O)c1cccc(OC)c1N. The largest absolute Gasteiger partial charge is 0.495 e. The molecule has 5 nitrogen and oxygen atoms in total. The minimum atomic E-state index is -0.803. The van der Waals surface area contributed by atoms with E-state index in [0.29, 0.717) is 23.5 Å². The molecular weight excluding hydrogens is 230 g/mol. The van der Waals surface area contributed by atoms with Gasteiger partial charge < -0.3 is 15.6 Å². The Balaban J connectivity index is 2.43. The van der Waals surface area contributed by atoms with Gasteiger partial charge in [-0.15, -0.1) is 0 Å². The molecule has 1 aromatic heterocycles. The van der Waals surface area contributed by atoms with Crippen molar-refractivity contribution >= 4 is 5.69 Å². The number of nitrogens with zero attached hydrogens (tertiary/aromatic N) is 2. The maximum Gasteiger partial charge on any atom is 0.142 e. The average Bonchev–Trinajstić information content (AvgIpc) is 2.86. The summed E-state index contributed by atoms with van der Waals surface area (Å²) in [6.45, 7) is 2.67. The Kier molecular flexibility index (Phi) is 3.53. The van der Waals surface area contributed by atoms with Crippen LogP contribution in [0.1, 0.15) is 24.3 Å². The number of anilines is 1. The first-order valence-corrected chi connectivity index (χ1v) is 5.81. The number of aliphatic hydroxyl groups excluding tert-OH is 1. The average molecular weight is 247 g/mol. The van der Waals surface area contributed by atoms with E-state index in [-0.39, 0.29) is 0 Å². The van der Waals surface area contributed by atoms with Crippen molar-refractivity contribution in [3.05, 3.63) is 41.7 Å². The second kappa shape index (κ2) is 5.10. The van der Waals surface area contributed by atoms with Crippen LogP contribution in [0.4, 0.5) is 5.69 Å². The normalized spacial score (nSPS) is 12.4. The Hall–Kier alpha value is -2.01. The number of nitrogen functional groups attached to an aromatic ring is 1. The summed E-state index contributed by atoms with van der Waals surface area (Å²) in [5.41, 5.74) is 7.78. The van der Waals surface area contributed by atoms with Crippen LogP contribution in [-0.4, -0.2) is 22.0 Å². The fourth-order valence-corrected chi connectivity index (χ4v) is 1.98. The molecule has 18 heavy (non-hydrogen) atoms. The number of nitrogens with two attached hydrogens (primary N) is 1. The molecule has 96 valence electrons. The first kappa shape index (κ1) is 12.4. The van der Waals surface area contributed by atoms with Crippen LogP contribution < -0.4 is 10.5 Å². The van der Waals surface area contributed by atoms with Crippen molar-refractivity contribution < 1.29 is 9.84 Å². The Morgan fingerprint density at radius 2 is 2.22 bits per heavy atom. The van der Waals surface area contributed by atoms with Crippen LogP contribution in [0.3, 0.4) is 0 Å². The van der Waals surface area contributed by atoms with E-state index in [2.05, 4.69) is 5.10 Å². The summed E-state index contributed by atoms with van der Waals surface area (Å²) < 4.78 is 6.89. The highest BCUT2D eigenvalue weighted by Crippen LogP contribution is 2.32. The van der Waals surface area contributed by atoms with Gasteiger partial charge in [0, 0.05) is 18.3 Å². The van der Waals surface area contributed by atoms with Gasteiger partial charge in [0.25, 0.3) is 0 Å². The Morgan fingerprint density at radius 1 is 1.44 bits per heavy atom. The molecule has 0 bridgehead atoms. The smallest absolute Gasteiger partial charge is 0.142 e. The summed E-state index contributed by atoms with van der Waals surface area (Å²) in [4.78, 5) is 0. The first-order chi connectivity index (χ1) is 8.69. The number of aromatic nitrogens is 2. The van der Waals surface area contributed by atoms with Gasteiger partial charge in [0.1, 0.15) is 11.9 Å². The highest BCUT2D eigenvalue weighted by molar-refractivity contribution is 5.60. The van der Waals surface area contributed by atoms with E-state index in [1.807, 2.05) is 6.92 Å². The zero-order valence-electron chi connectivity index (χ0n) is 10.5. The number of hydrogen-bond donors (Lipinski definition) is 2. The molecule has 5 heteroatoms. The predicted molar refractivity (Wildman–Crippen MR) is 69.4 cm³/mol. The third kappa shape index (κ3) is 2.04. The minimum Gasteiger partial charge on any atom is -0.495 e. The van der Waals surface area contributed by atoms with Crippen LogP contribution in [0, 0.1) is 0 Å². The molecule has 0 fully saturated rings. The lowest BCUT2D eigenvalue weighted by Gasteiger charge is -2.16. The van der Waals surface area contributed by atoms with Crippen molar-refractivity contribution in [2.24, 2.45) is 0 Å². The summed E-state index contributed by atoms with van der Waals surface area (Å²) in [5, 5.41) is 14.5. The minimum absolute atomic E-state index is 0.455. The van der Waals surface area contributed by atoms with Crippen LogP contribution in [-0.2, 0) is 6.54 Å². The standard InChI is InChI=1S/C13H17N3O2/c1-3-16-10(7-8-15-16)13(17)9-5-4-6-11(18-2)12(9)14/h4-8,13,17H,3,14H2,1-2H3. The van der Waals surface area contributed by atoms with Gasteiger partial charge in [0.15, 0.2) is 0 Å². The lowest BCUT2D eigenvalue weighted by Crippen LogP contribution is -2.11. The second-order valence-corrected chi connectivity index (χ2v) is 3.94. The monoisotopic (exact) mass is 247 g/mol. The molecule has 1 aromatic carbocycles. The number of aryl methyl sites for hydroxylation is 1. The molecule has 0 amide bonds. The van der Waals surface area contributed by atoms with E-state index in [1.54, 1.807) is 42.3 Å². The highest BCUT2D eigenvalue weighted by Gasteiger charge is 2.18. The molecule has 0 radical (unpaired) electrons. The number of aliphatic hydroxyl groups is 1. The van der Waals surface area contributed by atoms with E-state index < -0.39 is 6.10 Å². The maximum absolute atomic E-state index is 10.4. The molecule has 1 heterocycles. The van der Waals surface area contributed by atoms with Crippen LogP contribution in [0.15, 0.2) is 30.5 Å². The van der Waals surface area contributed by atoms with Gasteiger partial charge >= 0.3 is 0 Å². The molecule has 0 saturated carbocycles. The number of hydrogen-bond acceptors (Lipinski definition) is 4. The summed E-state index contributed by atoms with van der Waals surface area (Å²) in [6, 6.07) is 7.14. The molecule has 0 aliphatic carbocycles. The van der Waals surface area contributed by atoms with Crippen LogP contribution in [0.25, 0.3) is 0 Å². The van der Waals surface area contributed by atoms with E-state index in [0.717, 1.165) is 5.69 Å². The van der Waals surface area contributed by atoms with Crippen molar-refractivity contribution in [2.45, 2.75) is 19.6 Å². The van der Waals surface area contributed by atoms with Crippen LogP contribution >= 0.6 is 0 Å². The zero-order valence-corrected chi connectivity index (χ0v) is 10.5. The van der Waals surface area contributed by atoms with Gasteiger partial charge in [0.05, 0.1) is 18.5 Å². The molecule has 1 unspecified atom stereocenters. The Bertz CT molecular complexity index is 537. The fourth-order valence-electron chi connectivity index (χ4n) is 1.98. The molecule has 0 saturated heterocycles. The van der Waals surface area contributed by atoms with Gasteiger partial charge in [0.2, 0.25) is 0 Å². The number of ether oxygens (including phenoxy) is 1. The fraction of sp³-hybridized carbons (Fsp3) is 0.308. The third-order valence-corrected chi connectivity index (χ3v) is 2.94. The summed E-state index contributed by atoms with van der Waals surface area (Å²) in [6.07, 6.45) is 0.862. The molecule has 1 atom stereocenters. The summed E-state index contributed by atoms with van der Waals surface area (Å²) in [5.74, 6) is 0.564. The number of benzene rings is 1. The quantitative estimate of drug-likeness (QED) is 0.804. The topological polar surface area (TPSA) is 73.3 Å². The Labute approximate surface area is 106 Å². The molecule has 3 N–H and O–H groups in total. The molecule has 2 aromatic rings. The predicted octanol–water partition coefficient (Wildman–Crippen LogP) is 1.58. The number of methoxy groups -OCH3 is 1. The van der Waals surface area contributed by atoms with E-state index in [9.17, 15) is 5.11 Å². The zero-order chi connectivity index (χ0) is 13.1. The first-order valence-electron chi connectivity index (χ1n) is 5.81. The third-order valence-electron chi connectivity index (χ3n) is 2.94. The molecule has 2 rings (SSSR count). The van der Waals surface area contributed by atoms with Crippen molar-refractivity contribution in [3.63, 3.8) is 0 Å². The lowest BCUT2D eigenvalue weighted by atomic mass is 10.0. The molecule has 0 aliphatic heterocycles. The van der Waals surface area contributed by atoms with Gasteiger partial charge in [-0.2, -0.15) is 5.10 Å². The second-order valence-electron chi connectivity index (χ2n) is 3.94. The van der Waals surface area contributed by atoms with E-state index >= 15 is 0 Å². The van der Waals surface area contributed by atoms with Crippen LogP contribution in [0.2, 0.25) is 0 Å². The van der Waals surface area contributed by atoms with Crippen molar-refractivity contribution in [3.8, 4) is 5.75 Å². The van der Waals surface area contributed by atoms with Gasteiger partial charge in [-0.25, -0.2) is 0 Å². The van der Waals surface area contributed by atoms with Crippen molar-refractivity contribution in [1.29, 1.82) is 0 Å². The van der Waals surface area contributed by atoms with E-state index in [4.69, 9.17) is 10.5 Å². The van der Waals surface area contributed by atoms with Gasteiger partial charge in [-0.1, -0.05) is 12.1 Å². The van der Waals surface area contributed by atoms with Crippen molar-refractivity contribution in [2.75, 3.05) is 12.8 Å². The molecular formula is C13H17N3O2. The Morgan fingerprint density at radius 3 is 2.89 bits per heavy atom. The van der Waals surface area contributed by atoms with Gasteiger partial charge in [-0.3, -0.25) is 4.68 Å².